The maximum atomic E-state index is 10.4. The predicted octanol–water partition coefficient (Wildman–Crippen LogP) is 1.45. The second kappa shape index (κ2) is 2.98. The highest BCUT2D eigenvalue weighted by Gasteiger charge is 2.12. The summed E-state index contributed by atoms with van der Waals surface area (Å²) in [5.41, 5.74) is 0.116. The first-order chi connectivity index (χ1) is 5.52. The SMILES string of the molecule is Cc1nc(O)c(C(=O)O)cc1Cl. The lowest BCUT2D eigenvalue weighted by Gasteiger charge is -2.01. The summed E-state index contributed by atoms with van der Waals surface area (Å²) in [6.07, 6.45) is 0. The van der Waals surface area contributed by atoms with Gasteiger partial charge in [0.15, 0.2) is 0 Å². The third-order valence-corrected chi connectivity index (χ3v) is 1.74. The van der Waals surface area contributed by atoms with Crippen LogP contribution >= 0.6 is 11.6 Å². The van der Waals surface area contributed by atoms with Crippen LogP contribution in [0.5, 0.6) is 5.88 Å². The van der Waals surface area contributed by atoms with Gasteiger partial charge in [0.2, 0.25) is 5.88 Å². The van der Waals surface area contributed by atoms with Crippen LogP contribution in [0.15, 0.2) is 6.07 Å². The molecule has 0 amide bonds. The number of halogens is 1. The van der Waals surface area contributed by atoms with E-state index in [2.05, 4.69) is 4.98 Å². The van der Waals surface area contributed by atoms with Crippen molar-refractivity contribution in [2.24, 2.45) is 0 Å². The number of aryl methyl sites for hydroxylation is 1. The third kappa shape index (κ3) is 1.48. The average Bonchev–Trinajstić information content (AvgIpc) is 1.96. The standard InChI is InChI=1S/C7H6ClNO3/c1-3-5(8)2-4(7(11)12)6(10)9-3/h2H,1H3,(H,9,10)(H,11,12). The Morgan fingerprint density at radius 3 is 2.75 bits per heavy atom. The Hall–Kier alpha value is -1.29. The molecule has 0 aliphatic rings. The highest BCUT2D eigenvalue weighted by Crippen LogP contribution is 2.21. The molecule has 1 rings (SSSR count). The quantitative estimate of drug-likeness (QED) is 0.698. The van der Waals surface area contributed by atoms with Crippen LogP contribution in [0.3, 0.4) is 0 Å². The summed E-state index contributed by atoms with van der Waals surface area (Å²) in [5.74, 6) is -1.76. The number of hydrogen-bond donors (Lipinski definition) is 2. The molecule has 0 atom stereocenters. The van der Waals surface area contributed by atoms with Gasteiger partial charge in [-0.15, -0.1) is 0 Å². The first-order valence-electron chi connectivity index (χ1n) is 3.11. The van der Waals surface area contributed by atoms with E-state index in [4.69, 9.17) is 21.8 Å². The zero-order valence-electron chi connectivity index (χ0n) is 6.21. The molecule has 0 bridgehead atoms. The minimum atomic E-state index is -1.25. The lowest BCUT2D eigenvalue weighted by atomic mass is 10.2. The molecule has 0 fully saturated rings. The van der Waals surface area contributed by atoms with Gasteiger partial charge in [0.1, 0.15) is 5.56 Å². The molecule has 1 aromatic rings. The largest absolute Gasteiger partial charge is 0.493 e. The molecule has 64 valence electrons. The van der Waals surface area contributed by atoms with E-state index in [1.54, 1.807) is 6.92 Å². The summed E-state index contributed by atoms with van der Waals surface area (Å²) in [4.78, 5) is 14.0. The summed E-state index contributed by atoms with van der Waals surface area (Å²) in [6.45, 7) is 1.58. The molecule has 12 heavy (non-hydrogen) atoms. The fraction of sp³-hybridized carbons (Fsp3) is 0.143. The lowest BCUT2D eigenvalue weighted by Crippen LogP contribution is -1.99. The van der Waals surface area contributed by atoms with Crippen LogP contribution < -0.4 is 0 Å². The van der Waals surface area contributed by atoms with E-state index in [9.17, 15) is 4.79 Å². The van der Waals surface area contributed by atoms with Crippen LogP contribution in [0, 0.1) is 6.92 Å². The molecule has 0 saturated heterocycles. The van der Waals surface area contributed by atoms with Gasteiger partial charge in [-0.1, -0.05) is 11.6 Å². The minimum absolute atomic E-state index is 0.227. The van der Waals surface area contributed by atoms with E-state index in [1.165, 1.54) is 6.07 Å². The first kappa shape index (κ1) is 8.80. The average molecular weight is 188 g/mol. The number of aromatic hydroxyl groups is 1. The number of rotatable bonds is 1. The number of aromatic carboxylic acids is 1. The van der Waals surface area contributed by atoms with Crippen molar-refractivity contribution in [3.8, 4) is 5.88 Å². The monoisotopic (exact) mass is 187 g/mol. The number of pyridine rings is 1. The van der Waals surface area contributed by atoms with Gasteiger partial charge >= 0.3 is 5.97 Å². The van der Waals surface area contributed by atoms with Crippen LogP contribution in [-0.2, 0) is 0 Å². The van der Waals surface area contributed by atoms with Gasteiger partial charge in [-0.3, -0.25) is 0 Å². The number of carbonyl (C=O) groups is 1. The molecule has 0 saturated carbocycles. The number of carboxylic acid groups (broad SMARTS) is 1. The molecule has 0 radical (unpaired) electrons. The van der Waals surface area contributed by atoms with E-state index in [1.807, 2.05) is 0 Å². The van der Waals surface area contributed by atoms with Crippen LogP contribution in [0.1, 0.15) is 16.1 Å². The van der Waals surface area contributed by atoms with Crippen molar-refractivity contribution >= 4 is 17.6 Å². The van der Waals surface area contributed by atoms with E-state index < -0.39 is 11.8 Å². The molecular formula is C7H6ClNO3. The van der Waals surface area contributed by atoms with Crippen molar-refractivity contribution in [3.05, 3.63) is 22.3 Å². The predicted molar refractivity (Wildman–Crippen MR) is 42.6 cm³/mol. The fourth-order valence-electron chi connectivity index (χ4n) is 0.726. The van der Waals surface area contributed by atoms with Crippen LogP contribution in [0.2, 0.25) is 5.02 Å². The van der Waals surface area contributed by atoms with Crippen LogP contribution in [0.4, 0.5) is 0 Å². The van der Waals surface area contributed by atoms with Crippen molar-refractivity contribution in [1.29, 1.82) is 0 Å². The van der Waals surface area contributed by atoms with E-state index in [0.29, 0.717) is 5.69 Å². The molecule has 0 spiro atoms. The van der Waals surface area contributed by atoms with Gasteiger partial charge in [0.25, 0.3) is 0 Å². The van der Waals surface area contributed by atoms with Crippen molar-refractivity contribution in [3.63, 3.8) is 0 Å². The smallest absolute Gasteiger partial charge is 0.341 e. The van der Waals surface area contributed by atoms with Crippen molar-refractivity contribution in [1.82, 2.24) is 4.98 Å². The number of carboxylic acids is 1. The molecule has 5 heteroatoms. The van der Waals surface area contributed by atoms with Crippen LogP contribution in [0.25, 0.3) is 0 Å². The molecule has 0 aliphatic carbocycles. The van der Waals surface area contributed by atoms with E-state index in [-0.39, 0.29) is 10.6 Å². The van der Waals surface area contributed by atoms with Gasteiger partial charge in [0, 0.05) is 0 Å². The molecule has 2 N–H and O–H groups in total. The summed E-state index contributed by atoms with van der Waals surface area (Å²) in [5, 5.41) is 17.8. The van der Waals surface area contributed by atoms with Crippen molar-refractivity contribution in [2.45, 2.75) is 6.92 Å². The Kier molecular flexibility index (Phi) is 2.19. The fourth-order valence-corrected chi connectivity index (χ4v) is 0.877. The summed E-state index contributed by atoms with van der Waals surface area (Å²) in [6, 6.07) is 1.17. The summed E-state index contributed by atoms with van der Waals surface area (Å²) < 4.78 is 0. The van der Waals surface area contributed by atoms with Crippen molar-refractivity contribution < 1.29 is 15.0 Å². The number of nitrogens with zero attached hydrogens (tertiary/aromatic N) is 1. The normalized spacial score (nSPS) is 9.83. The zero-order chi connectivity index (χ0) is 9.30. The first-order valence-corrected chi connectivity index (χ1v) is 3.49. The van der Waals surface area contributed by atoms with Gasteiger partial charge in [-0.05, 0) is 13.0 Å². The maximum absolute atomic E-state index is 10.4. The Labute approximate surface area is 73.4 Å². The van der Waals surface area contributed by atoms with E-state index >= 15 is 0 Å². The zero-order valence-corrected chi connectivity index (χ0v) is 6.96. The van der Waals surface area contributed by atoms with Gasteiger partial charge < -0.3 is 10.2 Å². The molecule has 4 nitrogen and oxygen atoms in total. The number of hydrogen-bond acceptors (Lipinski definition) is 3. The van der Waals surface area contributed by atoms with Gasteiger partial charge in [0.05, 0.1) is 10.7 Å². The summed E-state index contributed by atoms with van der Waals surface area (Å²) in [7, 11) is 0. The molecule has 1 heterocycles. The molecule has 0 aromatic carbocycles. The molecular weight excluding hydrogens is 182 g/mol. The molecule has 1 aromatic heterocycles. The molecule has 0 unspecified atom stereocenters. The second-order valence-electron chi connectivity index (χ2n) is 2.23. The second-order valence-corrected chi connectivity index (χ2v) is 2.64. The number of aromatic nitrogens is 1. The van der Waals surface area contributed by atoms with E-state index in [0.717, 1.165) is 0 Å². The van der Waals surface area contributed by atoms with Gasteiger partial charge in [-0.25, -0.2) is 9.78 Å². The Morgan fingerprint density at radius 2 is 2.25 bits per heavy atom. The topological polar surface area (TPSA) is 70.4 Å². The highest BCUT2D eigenvalue weighted by molar-refractivity contribution is 6.31. The Bertz CT molecular complexity index is 338. The third-order valence-electron chi connectivity index (χ3n) is 1.36. The van der Waals surface area contributed by atoms with Gasteiger partial charge in [-0.2, -0.15) is 0 Å². The maximum Gasteiger partial charge on any atom is 0.341 e. The highest BCUT2D eigenvalue weighted by atomic mass is 35.5. The minimum Gasteiger partial charge on any atom is -0.493 e. The van der Waals surface area contributed by atoms with Crippen molar-refractivity contribution in [2.75, 3.05) is 0 Å². The Balaban J connectivity index is 3.33. The van der Waals surface area contributed by atoms with Crippen LogP contribution in [-0.4, -0.2) is 21.2 Å². The summed E-state index contributed by atoms with van der Waals surface area (Å²) >= 11 is 5.59. The lowest BCUT2D eigenvalue weighted by molar-refractivity contribution is 0.0693. The Morgan fingerprint density at radius 1 is 1.67 bits per heavy atom. The molecule has 0 aliphatic heterocycles.